The predicted molar refractivity (Wildman–Crippen MR) is 132 cm³/mol. The van der Waals surface area contributed by atoms with Gasteiger partial charge in [0.05, 0.1) is 21.7 Å². The number of aromatic nitrogens is 1. The maximum Gasteiger partial charge on any atom is 0.257 e. The van der Waals surface area contributed by atoms with Crippen LogP contribution in [-0.4, -0.2) is 10.9 Å². The average molecular weight is 429 g/mol. The number of hydrogen-bond acceptors (Lipinski definition) is 3. The fraction of sp³-hybridized carbons (Fsp3) is 0.259. The maximum absolute atomic E-state index is 13.5. The Morgan fingerprint density at radius 1 is 0.871 bits per heavy atom. The minimum absolute atomic E-state index is 0.118. The Kier molecular flexibility index (Phi) is 5.92. The second kappa shape index (κ2) is 8.64. The number of carbonyl (C=O) groups excluding carboxylic acids is 1. The lowest BCUT2D eigenvalue weighted by Crippen LogP contribution is -2.16. The Balaban J connectivity index is 1.79. The van der Waals surface area contributed by atoms with Gasteiger partial charge in [-0.3, -0.25) is 4.79 Å². The molecule has 4 rings (SSSR count). The molecule has 2 aromatic heterocycles. The van der Waals surface area contributed by atoms with Crippen LogP contribution in [0.15, 0.2) is 60.7 Å². The topological polar surface area (TPSA) is 42.0 Å². The number of nitrogens with zero attached hydrogens (tertiary/aromatic N) is 1. The first-order valence-corrected chi connectivity index (χ1v) is 11.6. The van der Waals surface area contributed by atoms with Crippen LogP contribution >= 0.6 is 11.3 Å². The lowest BCUT2D eigenvalue weighted by Gasteiger charge is -2.20. The van der Waals surface area contributed by atoms with Gasteiger partial charge in [-0.1, -0.05) is 64.1 Å². The maximum atomic E-state index is 13.5. The minimum atomic E-state index is -0.118. The molecule has 4 aromatic rings. The Morgan fingerprint density at radius 2 is 1.55 bits per heavy atom. The largest absolute Gasteiger partial charge is 0.321 e. The summed E-state index contributed by atoms with van der Waals surface area (Å²) in [5, 5.41) is 4.20. The van der Waals surface area contributed by atoms with Crippen LogP contribution in [0.3, 0.4) is 0 Å². The number of fused-ring (bicyclic) bond motifs is 1. The van der Waals surface area contributed by atoms with Gasteiger partial charge in [0.1, 0.15) is 0 Å². The van der Waals surface area contributed by atoms with Crippen LogP contribution in [0.25, 0.3) is 21.5 Å². The Hall–Kier alpha value is -2.98. The number of aryl methyl sites for hydroxylation is 1. The Morgan fingerprint density at radius 3 is 2.16 bits per heavy atom. The molecule has 158 valence electrons. The number of para-hydroxylation sites is 2. The molecule has 0 spiro atoms. The van der Waals surface area contributed by atoms with Gasteiger partial charge < -0.3 is 5.32 Å². The molecule has 0 aliphatic heterocycles. The zero-order valence-corrected chi connectivity index (χ0v) is 19.5. The highest BCUT2D eigenvalue weighted by Crippen LogP contribution is 2.33. The summed E-state index contributed by atoms with van der Waals surface area (Å²) in [5.74, 6) is 0.509. The summed E-state index contributed by atoms with van der Waals surface area (Å²) in [6.07, 6.45) is 0. The Bertz CT molecular complexity index is 1230. The van der Waals surface area contributed by atoms with E-state index in [1.165, 1.54) is 4.88 Å². The summed E-state index contributed by atoms with van der Waals surface area (Å²) in [6.45, 7) is 10.7. The number of hydrogen-bond donors (Lipinski definition) is 1. The van der Waals surface area contributed by atoms with Crippen molar-refractivity contribution in [1.82, 2.24) is 4.98 Å². The molecular formula is C27H28N2OS. The van der Waals surface area contributed by atoms with E-state index < -0.39 is 0 Å². The van der Waals surface area contributed by atoms with Crippen LogP contribution in [0, 0.1) is 6.92 Å². The third kappa shape index (κ3) is 4.26. The smallest absolute Gasteiger partial charge is 0.257 e. The lowest BCUT2D eigenvalue weighted by atomic mass is 9.92. The molecule has 2 aromatic carbocycles. The van der Waals surface area contributed by atoms with Crippen LogP contribution in [0.2, 0.25) is 0 Å². The van der Waals surface area contributed by atoms with Gasteiger partial charge in [0.25, 0.3) is 5.91 Å². The van der Waals surface area contributed by atoms with E-state index in [0.717, 1.165) is 38.3 Å². The highest BCUT2D eigenvalue weighted by Gasteiger charge is 2.19. The van der Waals surface area contributed by atoms with Crippen LogP contribution in [0.4, 0.5) is 5.69 Å². The number of pyridine rings is 1. The van der Waals surface area contributed by atoms with E-state index in [2.05, 4.69) is 70.3 Å². The molecule has 1 N–H and O–H groups in total. The molecule has 0 saturated heterocycles. The van der Waals surface area contributed by atoms with Crippen molar-refractivity contribution in [3.8, 4) is 10.6 Å². The van der Waals surface area contributed by atoms with Crippen molar-refractivity contribution in [3.63, 3.8) is 0 Å². The van der Waals surface area contributed by atoms with E-state index in [1.807, 2.05) is 30.3 Å². The van der Waals surface area contributed by atoms with Gasteiger partial charge in [0, 0.05) is 16.0 Å². The zero-order valence-electron chi connectivity index (χ0n) is 18.7. The summed E-state index contributed by atoms with van der Waals surface area (Å²) < 4.78 is 0. The first-order valence-electron chi connectivity index (χ1n) is 10.8. The van der Waals surface area contributed by atoms with Crippen molar-refractivity contribution in [2.24, 2.45) is 0 Å². The van der Waals surface area contributed by atoms with Crippen molar-refractivity contribution < 1.29 is 4.79 Å². The van der Waals surface area contributed by atoms with E-state index in [-0.39, 0.29) is 5.91 Å². The molecule has 0 aliphatic carbocycles. The van der Waals surface area contributed by atoms with Crippen LogP contribution < -0.4 is 5.32 Å². The number of rotatable bonds is 5. The van der Waals surface area contributed by atoms with E-state index in [0.29, 0.717) is 17.4 Å². The van der Waals surface area contributed by atoms with Gasteiger partial charge in [-0.25, -0.2) is 4.98 Å². The normalized spacial score (nSPS) is 11.5. The summed E-state index contributed by atoms with van der Waals surface area (Å²) in [6, 6.07) is 20.3. The molecule has 0 bridgehead atoms. The number of thiophene rings is 1. The third-order valence-electron chi connectivity index (χ3n) is 5.57. The van der Waals surface area contributed by atoms with E-state index >= 15 is 0 Å². The van der Waals surface area contributed by atoms with Gasteiger partial charge in [-0.15, -0.1) is 11.3 Å². The molecule has 0 fully saturated rings. The van der Waals surface area contributed by atoms with Crippen molar-refractivity contribution in [2.45, 2.75) is 46.5 Å². The minimum Gasteiger partial charge on any atom is -0.321 e. The fourth-order valence-electron chi connectivity index (χ4n) is 3.92. The first-order chi connectivity index (χ1) is 14.8. The summed E-state index contributed by atoms with van der Waals surface area (Å²) in [4.78, 5) is 20.7. The summed E-state index contributed by atoms with van der Waals surface area (Å²) in [5.41, 5.74) is 5.47. The van der Waals surface area contributed by atoms with E-state index in [9.17, 15) is 4.79 Å². The molecule has 0 aliphatic rings. The van der Waals surface area contributed by atoms with Crippen LogP contribution in [0.5, 0.6) is 0 Å². The fourth-order valence-corrected chi connectivity index (χ4v) is 4.75. The van der Waals surface area contributed by atoms with Gasteiger partial charge in [-0.05, 0) is 54.2 Å². The highest BCUT2D eigenvalue weighted by atomic mass is 32.1. The number of benzene rings is 2. The van der Waals surface area contributed by atoms with E-state index in [1.54, 1.807) is 11.3 Å². The van der Waals surface area contributed by atoms with Gasteiger partial charge in [0.15, 0.2) is 0 Å². The average Bonchev–Trinajstić information content (AvgIpc) is 3.19. The molecule has 0 atom stereocenters. The van der Waals surface area contributed by atoms with Gasteiger partial charge in [-0.2, -0.15) is 0 Å². The molecule has 1 amide bonds. The molecule has 0 unspecified atom stereocenters. The third-order valence-corrected chi connectivity index (χ3v) is 6.59. The molecule has 3 nitrogen and oxygen atoms in total. The summed E-state index contributed by atoms with van der Waals surface area (Å²) in [7, 11) is 0. The van der Waals surface area contributed by atoms with Crippen molar-refractivity contribution in [2.75, 3.05) is 5.32 Å². The first kappa shape index (κ1) is 21.3. The second-order valence-electron chi connectivity index (χ2n) is 8.56. The number of nitrogens with one attached hydrogen (secondary N) is 1. The summed E-state index contributed by atoms with van der Waals surface area (Å²) >= 11 is 1.71. The molecule has 4 heteroatoms. The highest BCUT2D eigenvalue weighted by molar-refractivity contribution is 7.15. The standard InChI is InChI=1S/C27H28N2OS/c1-16(2)20-9-7-10-21(17(3)4)26(20)29-27(30)22-11-6-8-19-13-14-23(28-25(19)22)24-15-12-18(5)31-24/h6-17H,1-5H3,(H,29,30). The van der Waals surface area contributed by atoms with Crippen molar-refractivity contribution in [1.29, 1.82) is 0 Å². The van der Waals surface area contributed by atoms with Crippen LogP contribution in [0.1, 0.15) is 65.9 Å². The molecule has 0 radical (unpaired) electrons. The SMILES string of the molecule is Cc1ccc(-c2ccc3cccc(C(=O)Nc4c(C(C)C)cccc4C(C)C)c3n2)s1. The van der Waals surface area contributed by atoms with Crippen LogP contribution in [-0.2, 0) is 0 Å². The van der Waals surface area contributed by atoms with Gasteiger partial charge >= 0.3 is 0 Å². The van der Waals surface area contributed by atoms with E-state index in [4.69, 9.17) is 4.98 Å². The van der Waals surface area contributed by atoms with Gasteiger partial charge in [0.2, 0.25) is 0 Å². The number of carbonyl (C=O) groups is 1. The zero-order chi connectivity index (χ0) is 22.1. The molecule has 2 heterocycles. The Labute approximate surface area is 188 Å². The lowest BCUT2D eigenvalue weighted by molar-refractivity contribution is 0.102. The number of amides is 1. The monoisotopic (exact) mass is 428 g/mol. The quantitative estimate of drug-likeness (QED) is 0.353. The number of anilines is 1. The second-order valence-corrected chi connectivity index (χ2v) is 9.85. The predicted octanol–water partition coefficient (Wildman–Crippen LogP) is 7.77. The van der Waals surface area contributed by atoms with Crippen molar-refractivity contribution >= 4 is 33.8 Å². The molecule has 31 heavy (non-hydrogen) atoms. The molecule has 0 saturated carbocycles. The molecular weight excluding hydrogens is 400 g/mol. The van der Waals surface area contributed by atoms with Crippen molar-refractivity contribution in [3.05, 3.63) is 82.2 Å².